The van der Waals surface area contributed by atoms with E-state index >= 15 is 0 Å². The van der Waals surface area contributed by atoms with E-state index in [2.05, 4.69) is 9.62 Å². The number of nitrogens with one attached hydrogen (secondary N) is 1. The Labute approximate surface area is 176 Å². The van der Waals surface area contributed by atoms with Gasteiger partial charge in [0.1, 0.15) is 0 Å². The van der Waals surface area contributed by atoms with Gasteiger partial charge in [-0.3, -0.25) is 9.52 Å². The Hall–Kier alpha value is -2.58. The average Bonchev–Trinajstić information content (AvgIpc) is 3.47. The summed E-state index contributed by atoms with van der Waals surface area (Å²) in [5.41, 5.74) is 5.17. The molecule has 1 aromatic carbocycles. The van der Waals surface area contributed by atoms with Crippen molar-refractivity contribution >= 4 is 27.5 Å². The van der Waals surface area contributed by atoms with Gasteiger partial charge in [0, 0.05) is 47.9 Å². The third kappa shape index (κ3) is 3.15. The standard InChI is InChI=1S/C22H25N3O4S/c1-3-30(27,28)23-14-7-8-21(25-11-16-10-15(25)13-29-16)19(9-14)20-12-24(2)22(26)18-6-4-5-17(18)20/h4-5,7-9,12,15-16,23H,3,6,10-11,13H2,1-2H3. The van der Waals surface area contributed by atoms with E-state index in [0.29, 0.717) is 24.8 Å². The lowest BCUT2D eigenvalue weighted by molar-refractivity contribution is 0.0992. The second-order valence-electron chi connectivity index (χ2n) is 8.19. The van der Waals surface area contributed by atoms with Crippen LogP contribution in [-0.4, -0.2) is 44.0 Å². The highest BCUT2D eigenvalue weighted by Crippen LogP contribution is 2.42. The Morgan fingerprint density at radius 3 is 2.80 bits per heavy atom. The Morgan fingerprint density at radius 1 is 1.27 bits per heavy atom. The first-order valence-corrected chi connectivity index (χ1v) is 11.9. The van der Waals surface area contributed by atoms with Gasteiger partial charge in [0.25, 0.3) is 5.56 Å². The van der Waals surface area contributed by atoms with Crippen molar-refractivity contribution in [2.75, 3.05) is 28.5 Å². The molecule has 3 aliphatic rings. The number of sulfonamides is 1. The Bertz CT molecular complexity index is 1220. The number of hydrogen-bond donors (Lipinski definition) is 1. The van der Waals surface area contributed by atoms with Crippen molar-refractivity contribution in [2.24, 2.45) is 7.05 Å². The van der Waals surface area contributed by atoms with Crippen LogP contribution in [-0.2, 0) is 28.2 Å². The van der Waals surface area contributed by atoms with Gasteiger partial charge in [-0.25, -0.2) is 8.42 Å². The molecule has 8 heteroatoms. The number of benzene rings is 1. The van der Waals surface area contributed by atoms with Crippen LogP contribution in [0.5, 0.6) is 0 Å². The molecule has 2 fully saturated rings. The summed E-state index contributed by atoms with van der Waals surface area (Å²) in [5, 5.41) is 0. The molecule has 30 heavy (non-hydrogen) atoms. The van der Waals surface area contributed by atoms with E-state index in [1.165, 1.54) is 0 Å². The topological polar surface area (TPSA) is 80.6 Å². The van der Waals surface area contributed by atoms with Gasteiger partial charge in [-0.2, -0.15) is 0 Å². The van der Waals surface area contributed by atoms with Crippen LogP contribution in [0.4, 0.5) is 11.4 Å². The molecule has 158 valence electrons. The quantitative estimate of drug-likeness (QED) is 0.792. The van der Waals surface area contributed by atoms with Gasteiger partial charge in [0.15, 0.2) is 0 Å². The zero-order valence-corrected chi connectivity index (χ0v) is 17.9. The molecule has 2 aliphatic heterocycles. The van der Waals surface area contributed by atoms with Gasteiger partial charge < -0.3 is 14.2 Å². The summed E-state index contributed by atoms with van der Waals surface area (Å²) < 4.78 is 34.4. The number of pyridine rings is 1. The highest BCUT2D eigenvalue weighted by Gasteiger charge is 2.40. The zero-order valence-electron chi connectivity index (χ0n) is 17.1. The first kappa shape index (κ1) is 19.4. The van der Waals surface area contributed by atoms with Crippen LogP contribution >= 0.6 is 0 Å². The first-order valence-electron chi connectivity index (χ1n) is 10.3. The molecule has 7 nitrogen and oxygen atoms in total. The molecule has 2 aromatic rings. The molecule has 0 radical (unpaired) electrons. The van der Waals surface area contributed by atoms with Gasteiger partial charge in [0.05, 0.1) is 24.5 Å². The SMILES string of the molecule is CCS(=O)(=O)Nc1ccc(N2CC3CC2CO3)c(-c2cn(C)c(=O)c3c2C=CC3)c1. The van der Waals surface area contributed by atoms with Crippen molar-refractivity contribution in [3.8, 4) is 11.1 Å². The minimum atomic E-state index is -3.39. The van der Waals surface area contributed by atoms with Crippen molar-refractivity contribution in [3.05, 3.63) is 52.0 Å². The van der Waals surface area contributed by atoms with Gasteiger partial charge >= 0.3 is 0 Å². The van der Waals surface area contributed by atoms with Crippen molar-refractivity contribution in [3.63, 3.8) is 0 Å². The minimum Gasteiger partial charge on any atom is -0.374 e. The van der Waals surface area contributed by atoms with Crippen LogP contribution in [0.2, 0.25) is 0 Å². The maximum absolute atomic E-state index is 12.6. The number of anilines is 2. The molecule has 3 heterocycles. The maximum atomic E-state index is 12.6. The van der Waals surface area contributed by atoms with Gasteiger partial charge in [-0.1, -0.05) is 12.2 Å². The molecule has 2 unspecified atom stereocenters. The third-order valence-corrected chi connectivity index (χ3v) is 7.58. The zero-order chi connectivity index (χ0) is 21.0. The fourth-order valence-corrected chi connectivity index (χ4v) is 5.35. The Kier molecular flexibility index (Phi) is 4.52. The van der Waals surface area contributed by atoms with E-state index in [1.54, 1.807) is 18.5 Å². The average molecular weight is 428 g/mol. The molecule has 5 rings (SSSR count). The van der Waals surface area contributed by atoms with E-state index < -0.39 is 10.0 Å². The molecule has 2 bridgehead atoms. The molecular formula is C22H25N3O4S. The number of ether oxygens (including phenoxy) is 1. The monoisotopic (exact) mass is 427 g/mol. The molecule has 2 saturated heterocycles. The normalized spacial score (nSPS) is 22.0. The van der Waals surface area contributed by atoms with Crippen LogP contribution < -0.4 is 15.2 Å². The van der Waals surface area contributed by atoms with Gasteiger partial charge in [-0.15, -0.1) is 0 Å². The summed E-state index contributed by atoms with van der Waals surface area (Å²) in [7, 11) is -1.63. The largest absolute Gasteiger partial charge is 0.374 e. The van der Waals surface area contributed by atoms with Crippen LogP contribution in [0.15, 0.2) is 35.3 Å². The molecule has 0 spiro atoms. The smallest absolute Gasteiger partial charge is 0.254 e. The van der Waals surface area contributed by atoms with Crippen LogP contribution in [0.3, 0.4) is 0 Å². The molecular weight excluding hydrogens is 402 g/mol. The number of morpholine rings is 1. The summed E-state index contributed by atoms with van der Waals surface area (Å²) in [6, 6.07) is 6.02. The van der Waals surface area contributed by atoms with E-state index in [-0.39, 0.29) is 17.4 Å². The summed E-state index contributed by atoms with van der Waals surface area (Å²) in [6.45, 7) is 3.14. The Morgan fingerprint density at radius 2 is 2.10 bits per heavy atom. The molecule has 1 aliphatic carbocycles. The maximum Gasteiger partial charge on any atom is 0.254 e. The number of aromatic nitrogens is 1. The second-order valence-corrected chi connectivity index (χ2v) is 10.2. The summed E-state index contributed by atoms with van der Waals surface area (Å²) in [4.78, 5) is 14.9. The number of aryl methyl sites for hydroxylation is 1. The molecule has 0 saturated carbocycles. The lowest BCUT2D eigenvalue weighted by atomic mass is 9.96. The molecule has 1 aromatic heterocycles. The lowest BCUT2D eigenvalue weighted by Crippen LogP contribution is -2.37. The molecule has 1 N–H and O–H groups in total. The Balaban J connectivity index is 1.69. The highest BCUT2D eigenvalue weighted by atomic mass is 32.2. The predicted octanol–water partition coefficient (Wildman–Crippen LogP) is 2.36. The number of rotatable bonds is 5. The van der Waals surface area contributed by atoms with E-state index in [0.717, 1.165) is 40.9 Å². The van der Waals surface area contributed by atoms with Crippen LogP contribution in [0.1, 0.15) is 24.5 Å². The second kappa shape index (κ2) is 6.99. The first-order chi connectivity index (χ1) is 14.4. The number of allylic oxidation sites excluding steroid dienone is 1. The van der Waals surface area contributed by atoms with Crippen LogP contribution in [0.25, 0.3) is 17.2 Å². The molecule has 2 atom stereocenters. The van der Waals surface area contributed by atoms with Crippen molar-refractivity contribution in [2.45, 2.75) is 31.9 Å². The number of nitrogens with zero attached hydrogens (tertiary/aromatic N) is 2. The van der Waals surface area contributed by atoms with Crippen molar-refractivity contribution in [1.82, 2.24) is 4.57 Å². The van der Waals surface area contributed by atoms with E-state index in [1.807, 2.05) is 36.5 Å². The highest BCUT2D eigenvalue weighted by molar-refractivity contribution is 7.92. The fourth-order valence-electron chi connectivity index (χ4n) is 4.72. The van der Waals surface area contributed by atoms with Crippen LogP contribution in [0, 0.1) is 0 Å². The summed E-state index contributed by atoms with van der Waals surface area (Å²) in [5.74, 6) is 0.00920. The molecule has 0 amide bonds. The van der Waals surface area contributed by atoms with Gasteiger partial charge in [-0.05, 0) is 43.5 Å². The van der Waals surface area contributed by atoms with E-state index in [4.69, 9.17) is 4.74 Å². The fraction of sp³-hybridized carbons (Fsp3) is 0.409. The summed E-state index contributed by atoms with van der Waals surface area (Å²) in [6.07, 6.45) is 7.73. The van der Waals surface area contributed by atoms with Crippen molar-refractivity contribution in [1.29, 1.82) is 0 Å². The predicted molar refractivity (Wildman–Crippen MR) is 118 cm³/mol. The summed E-state index contributed by atoms with van der Waals surface area (Å²) >= 11 is 0. The third-order valence-electron chi connectivity index (χ3n) is 6.27. The number of hydrogen-bond acceptors (Lipinski definition) is 5. The lowest BCUT2D eigenvalue weighted by Gasteiger charge is -2.31. The number of fused-ring (bicyclic) bond motifs is 3. The van der Waals surface area contributed by atoms with Gasteiger partial charge in [0.2, 0.25) is 10.0 Å². The van der Waals surface area contributed by atoms with E-state index in [9.17, 15) is 13.2 Å². The minimum absolute atomic E-state index is 0.00920. The van der Waals surface area contributed by atoms with Crippen molar-refractivity contribution < 1.29 is 13.2 Å².